The molecule has 1 fully saturated rings. The first-order valence-electron chi connectivity index (χ1n) is 10.4. The quantitative estimate of drug-likeness (QED) is 0.451. The molecule has 174 valence electrons. The van der Waals surface area contributed by atoms with Gasteiger partial charge in [-0.2, -0.15) is 9.57 Å². The predicted octanol–water partition coefficient (Wildman–Crippen LogP) is 3.94. The van der Waals surface area contributed by atoms with Gasteiger partial charge in [-0.05, 0) is 41.8 Å². The first-order valence-corrected chi connectivity index (χ1v) is 12.2. The Hall–Kier alpha value is -2.90. The van der Waals surface area contributed by atoms with Gasteiger partial charge in [-0.3, -0.25) is 4.79 Å². The number of morpholine rings is 1. The van der Waals surface area contributed by atoms with Gasteiger partial charge in [0.05, 0.1) is 28.8 Å². The summed E-state index contributed by atoms with van der Waals surface area (Å²) in [5.74, 6) is -0.239. The van der Waals surface area contributed by atoms with E-state index < -0.39 is 15.9 Å². The molecule has 1 saturated heterocycles. The van der Waals surface area contributed by atoms with E-state index in [0.29, 0.717) is 24.8 Å². The summed E-state index contributed by atoms with van der Waals surface area (Å²) in [6.07, 6.45) is 1.20. The number of halogens is 1. The molecule has 2 N–H and O–H groups in total. The fourth-order valence-corrected chi connectivity index (χ4v) is 4.77. The van der Waals surface area contributed by atoms with E-state index in [4.69, 9.17) is 16.3 Å². The van der Waals surface area contributed by atoms with Crippen molar-refractivity contribution >= 4 is 38.9 Å². The van der Waals surface area contributed by atoms with Gasteiger partial charge in [-0.1, -0.05) is 37.6 Å². The zero-order valence-corrected chi connectivity index (χ0v) is 19.9. The van der Waals surface area contributed by atoms with Crippen molar-refractivity contribution in [3.05, 3.63) is 64.8 Å². The average Bonchev–Trinajstić information content (AvgIpc) is 2.81. The van der Waals surface area contributed by atoms with Crippen molar-refractivity contribution in [1.29, 1.82) is 5.26 Å². The summed E-state index contributed by atoms with van der Waals surface area (Å²) in [4.78, 5) is 12.6. The number of nitrogens with zero attached hydrogens (tertiary/aromatic N) is 2. The van der Waals surface area contributed by atoms with E-state index in [1.54, 1.807) is 12.1 Å². The van der Waals surface area contributed by atoms with Crippen LogP contribution in [0.3, 0.4) is 0 Å². The molecule has 2 aromatic carbocycles. The molecular weight excluding hydrogens is 464 g/mol. The van der Waals surface area contributed by atoms with Gasteiger partial charge < -0.3 is 15.4 Å². The minimum atomic E-state index is -3.72. The van der Waals surface area contributed by atoms with Gasteiger partial charge in [0.25, 0.3) is 5.91 Å². The molecule has 0 bridgehead atoms. The predicted molar refractivity (Wildman–Crippen MR) is 128 cm³/mol. The Balaban J connectivity index is 1.75. The monoisotopic (exact) mass is 488 g/mol. The molecule has 10 heteroatoms. The molecule has 33 heavy (non-hydrogen) atoms. The summed E-state index contributed by atoms with van der Waals surface area (Å²) in [7, 11) is -3.72. The largest absolute Gasteiger partial charge is 0.379 e. The Morgan fingerprint density at radius 2 is 1.85 bits per heavy atom. The number of anilines is 2. The second kappa shape index (κ2) is 10.8. The third kappa shape index (κ3) is 6.12. The molecule has 0 atom stereocenters. The van der Waals surface area contributed by atoms with Gasteiger partial charge in [-0.15, -0.1) is 0 Å². The number of hydrogen-bond acceptors (Lipinski definition) is 6. The number of benzene rings is 2. The van der Waals surface area contributed by atoms with Crippen LogP contribution >= 0.6 is 11.6 Å². The van der Waals surface area contributed by atoms with Gasteiger partial charge in [0, 0.05) is 25.0 Å². The normalized spacial score (nSPS) is 15.2. The minimum Gasteiger partial charge on any atom is -0.379 e. The van der Waals surface area contributed by atoms with Crippen LogP contribution in [-0.2, 0) is 19.6 Å². The van der Waals surface area contributed by atoms with Crippen molar-refractivity contribution in [3.8, 4) is 6.07 Å². The van der Waals surface area contributed by atoms with Crippen molar-refractivity contribution in [2.75, 3.05) is 36.9 Å². The van der Waals surface area contributed by atoms with Crippen LogP contribution in [0.2, 0.25) is 5.02 Å². The fraction of sp³-hybridized carbons (Fsp3) is 0.304. The summed E-state index contributed by atoms with van der Waals surface area (Å²) < 4.78 is 32.3. The molecule has 1 aliphatic heterocycles. The third-order valence-electron chi connectivity index (χ3n) is 5.12. The average molecular weight is 489 g/mol. The summed E-state index contributed by atoms with van der Waals surface area (Å²) in [6.45, 7) is 5.35. The van der Waals surface area contributed by atoms with Crippen LogP contribution in [0.25, 0.3) is 0 Å². The summed E-state index contributed by atoms with van der Waals surface area (Å²) in [5, 5.41) is 15.1. The Labute approximate surface area is 198 Å². The molecule has 0 unspecified atom stereocenters. The zero-order chi connectivity index (χ0) is 24.0. The van der Waals surface area contributed by atoms with Crippen molar-refractivity contribution in [2.24, 2.45) is 0 Å². The number of nitriles is 1. The van der Waals surface area contributed by atoms with E-state index in [2.05, 4.69) is 24.5 Å². The van der Waals surface area contributed by atoms with Crippen LogP contribution in [0.5, 0.6) is 0 Å². The van der Waals surface area contributed by atoms with E-state index in [1.165, 1.54) is 28.7 Å². The van der Waals surface area contributed by atoms with Gasteiger partial charge in [0.15, 0.2) is 0 Å². The summed E-state index contributed by atoms with van der Waals surface area (Å²) in [5.41, 5.74) is 1.75. The number of hydrogen-bond donors (Lipinski definition) is 2. The van der Waals surface area contributed by atoms with Gasteiger partial charge in [0.2, 0.25) is 10.0 Å². The van der Waals surface area contributed by atoms with Crippen molar-refractivity contribution < 1.29 is 17.9 Å². The Kier molecular flexibility index (Phi) is 8.10. The van der Waals surface area contributed by atoms with Crippen molar-refractivity contribution in [1.82, 2.24) is 4.31 Å². The number of ether oxygens (including phenoxy) is 1. The number of nitrogens with one attached hydrogen (secondary N) is 2. The molecule has 2 aromatic rings. The molecule has 1 aliphatic rings. The fourth-order valence-electron chi connectivity index (χ4n) is 3.16. The van der Waals surface area contributed by atoms with E-state index in [-0.39, 0.29) is 34.3 Å². The highest BCUT2D eigenvalue weighted by molar-refractivity contribution is 7.89. The molecular formula is C23H25ClN4O4S. The Morgan fingerprint density at radius 1 is 1.18 bits per heavy atom. The molecule has 1 amide bonds. The second-order valence-corrected chi connectivity index (χ2v) is 10.0. The van der Waals surface area contributed by atoms with Crippen LogP contribution in [-0.4, -0.2) is 44.9 Å². The van der Waals surface area contributed by atoms with E-state index in [0.717, 1.165) is 5.56 Å². The van der Waals surface area contributed by atoms with E-state index in [9.17, 15) is 18.5 Å². The van der Waals surface area contributed by atoms with Crippen LogP contribution in [0.15, 0.2) is 59.1 Å². The van der Waals surface area contributed by atoms with E-state index >= 15 is 0 Å². The molecule has 8 nitrogen and oxygen atoms in total. The lowest BCUT2D eigenvalue weighted by molar-refractivity contribution is -0.112. The molecule has 3 rings (SSSR count). The van der Waals surface area contributed by atoms with Gasteiger partial charge in [-0.25, -0.2) is 8.42 Å². The number of carbonyl (C=O) groups is 1. The standard InChI is InChI=1S/C23H25ClN4O4S/c1-16(2)17-3-5-19(6-4-17)27-23(29)18(14-25)15-26-22-13-20(7-8-21(22)24)33(30,31)28-9-11-32-12-10-28/h3-8,13,15-16,26H,9-12H2,1-2H3,(H,27,29)/b18-15-. The van der Waals surface area contributed by atoms with Crippen LogP contribution in [0, 0.1) is 11.3 Å². The highest BCUT2D eigenvalue weighted by Crippen LogP contribution is 2.27. The first kappa shape index (κ1) is 24.7. The van der Waals surface area contributed by atoms with E-state index in [1.807, 2.05) is 18.2 Å². The SMILES string of the molecule is CC(C)c1ccc(NC(=O)/C(C#N)=C\Nc2cc(S(=O)(=O)N3CCOCC3)ccc2Cl)cc1. The lowest BCUT2D eigenvalue weighted by Crippen LogP contribution is -2.40. The number of amides is 1. The maximum Gasteiger partial charge on any atom is 0.267 e. The lowest BCUT2D eigenvalue weighted by atomic mass is 10.0. The van der Waals surface area contributed by atoms with Gasteiger partial charge in [0.1, 0.15) is 11.6 Å². The summed E-state index contributed by atoms with van der Waals surface area (Å²) >= 11 is 6.20. The molecule has 1 heterocycles. The van der Waals surface area contributed by atoms with Crippen LogP contribution in [0.1, 0.15) is 25.3 Å². The van der Waals surface area contributed by atoms with Crippen LogP contribution < -0.4 is 10.6 Å². The molecule has 0 aliphatic carbocycles. The van der Waals surface area contributed by atoms with Crippen LogP contribution in [0.4, 0.5) is 11.4 Å². The smallest absolute Gasteiger partial charge is 0.267 e. The second-order valence-electron chi connectivity index (χ2n) is 7.70. The first-order chi connectivity index (χ1) is 15.7. The highest BCUT2D eigenvalue weighted by atomic mass is 35.5. The lowest BCUT2D eigenvalue weighted by Gasteiger charge is -2.26. The Bertz CT molecular complexity index is 1180. The molecule has 0 spiro atoms. The molecule has 0 radical (unpaired) electrons. The molecule has 0 saturated carbocycles. The highest BCUT2D eigenvalue weighted by Gasteiger charge is 2.26. The number of rotatable bonds is 7. The minimum absolute atomic E-state index is 0.0536. The van der Waals surface area contributed by atoms with Crippen molar-refractivity contribution in [3.63, 3.8) is 0 Å². The maximum atomic E-state index is 12.9. The topological polar surface area (TPSA) is 112 Å². The molecule has 0 aromatic heterocycles. The number of sulfonamides is 1. The maximum absolute atomic E-state index is 12.9. The summed E-state index contributed by atoms with van der Waals surface area (Å²) in [6, 6.07) is 13.4. The third-order valence-corrected chi connectivity index (χ3v) is 7.34. The Morgan fingerprint density at radius 3 is 2.45 bits per heavy atom. The van der Waals surface area contributed by atoms with Crippen molar-refractivity contribution in [2.45, 2.75) is 24.7 Å². The number of carbonyl (C=O) groups excluding carboxylic acids is 1. The van der Waals surface area contributed by atoms with Gasteiger partial charge >= 0.3 is 0 Å². The zero-order valence-electron chi connectivity index (χ0n) is 18.3.